The van der Waals surface area contributed by atoms with Crippen molar-refractivity contribution in [3.63, 3.8) is 0 Å². The number of nitrogens with one attached hydrogen (secondary N) is 3. The van der Waals surface area contributed by atoms with E-state index in [9.17, 15) is 0 Å². The third kappa shape index (κ3) is 5.71. The summed E-state index contributed by atoms with van der Waals surface area (Å²) in [6.45, 7) is 7.87. The summed E-state index contributed by atoms with van der Waals surface area (Å²) >= 11 is 5.27. The molecule has 1 fully saturated rings. The lowest BCUT2D eigenvalue weighted by atomic mass is 10.1. The largest absolute Gasteiger partial charge is 0.370 e. The Bertz CT molecular complexity index is 486. The zero-order valence-corrected chi connectivity index (χ0v) is 13.9. The van der Waals surface area contributed by atoms with E-state index in [1.165, 1.54) is 0 Å². The molecule has 1 aliphatic heterocycles. The summed E-state index contributed by atoms with van der Waals surface area (Å²) in [5.41, 5.74) is 5.07. The molecule has 6 heteroatoms. The second-order valence-electron chi connectivity index (χ2n) is 5.26. The van der Waals surface area contributed by atoms with E-state index in [1.807, 2.05) is 18.2 Å². The molecule has 1 aromatic carbocycles. The normalized spacial score (nSPS) is 16.3. The number of hydrogen-bond donors (Lipinski definition) is 3. The van der Waals surface area contributed by atoms with Crippen molar-refractivity contribution in [3.8, 4) is 0 Å². The molecule has 0 aliphatic carbocycles. The SMILES string of the molecule is CC/C(=N/NC(=S)NCC[NH+]1CCOCC1)c1ccccc1. The van der Waals surface area contributed by atoms with E-state index >= 15 is 0 Å². The van der Waals surface area contributed by atoms with E-state index in [0.717, 1.165) is 57.1 Å². The van der Waals surface area contributed by atoms with Crippen LogP contribution in [-0.2, 0) is 4.74 Å². The molecule has 120 valence electrons. The van der Waals surface area contributed by atoms with E-state index < -0.39 is 0 Å². The van der Waals surface area contributed by atoms with Gasteiger partial charge in [0.1, 0.15) is 13.1 Å². The number of morpholine rings is 1. The van der Waals surface area contributed by atoms with Crippen LogP contribution >= 0.6 is 12.2 Å². The third-order valence-electron chi connectivity index (χ3n) is 3.70. The highest BCUT2D eigenvalue weighted by Crippen LogP contribution is 2.03. The number of ether oxygens (including phenoxy) is 1. The average molecular weight is 321 g/mol. The van der Waals surface area contributed by atoms with Crippen molar-refractivity contribution in [2.24, 2.45) is 5.10 Å². The Balaban J connectivity index is 1.72. The second kappa shape index (κ2) is 9.50. The van der Waals surface area contributed by atoms with Gasteiger partial charge in [0.15, 0.2) is 5.11 Å². The van der Waals surface area contributed by atoms with E-state index in [0.29, 0.717) is 5.11 Å². The number of hydrogen-bond acceptors (Lipinski definition) is 3. The van der Waals surface area contributed by atoms with Gasteiger partial charge >= 0.3 is 0 Å². The topological polar surface area (TPSA) is 50.1 Å². The van der Waals surface area contributed by atoms with Gasteiger partial charge in [-0.3, -0.25) is 5.43 Å². The average Bonchev–Trinajstić information content (AvgIpc) is 2.57. The van der Waals surface area contributed by atoms with Gasteiger partial charge in [0.05, 0.1) is 32.0 Å². The van der Waals surface area contributed by atoms with Gasteiger partial charge in [0.25, 0.3) is 0 Å². The predicted octanol–water partition coefficient (Wildman–Crippen LogP) is 0.180. The third-order valence-corrected chi connectivity index (χ3v) is 3.93. The van der Waals surface area contributed by atoms with E-state index in [1.54, 1.807) is 4.90 Å². The maximum Gasteiger partial charge on any atom is 0.187 e. The van der Waals surface area contributed by atoms with Crippen molar-refractivity contribution in [1.29, 1.82) is 0 Å². The van der Waals surface area contributed by atoms with Crippen LogP contribution in [0.4, 0.5) is 0 Å². The molecule has 0 atom stereocenters. The minimum atomic E-state index is 0.578. The first kappa shape index (κ1) is 16.9. The number of nitrogens with zero attached hydrogens (tertiary/aromatic N) is 1. The van der Waals surface area contributed by atoms with Gasteiger partial charge in [-0.15, -0.1) is 0 Å². The highest BCUT2D eigenvalue weighted by Gasteiger charge is 2.12. The minimum Gasteiger partial charge on any atom is -0.370 e. The Morgan fingerprint density at radius 3 is 2.68 bits per heavy atom. The maximum absolute atomic E-state index is 5.35. The number of benzene rings is 1. The van der Waals surface area contributed by atoms with Gasteiger partial charge in [-0.1, -0.05) is 37.3 Å². The summed E-state index contributed by atoms with van der Waals surface area (Å²) in [5.74, 6) is 0. The van der Waals surface area contributed by atoms with Crippen molar-refractivity contribution in [3.05, 3.63) is 35.9 Å². The quantitative estimate of drug-likeness (QED) is 0.397. The molecule has 2 rings (SSSR count). The van der Waals surface area contributed by atoms with Gasteiger partial charge in [0, 0.05) is 0 Å². The highest BCUT2D eigenvalue weighted by molar-refractivity contribution is 7.80. The first-order valence-corrected chi connectivity index (χ1v) is 8.27. The van der Waals surface area contributed by atoms with Gasteiger partial charge in [-0.05, 0) is 24.2 Å². The molecular weight excluding hydrogens is 296 g/mol. The van der Waals surface area contributed by atoms with Crippen LogP contribution in [0.5, 0.6) is 0 Å². The van der Waals surface area contributed by atoms with Crippen molar-refractivity contribution >= 4 is 23.0 Å². The summed E-state index contributed by atoms with van der Waals surface area (Å²) < 4.78 is 5.35. The van der Waals surface area contributed by atoms with Crippen LogP contribution in [0.1, 0.15) is 18.9 Å². The fourth-order valence-corrected chi connectivity index (χ4v) is 2.55. The van der Waals surface area contributed by atoms with E-state index in [4.69, 9.17) is 17.0 Å². The zero-order valence-electron chi connectivity index (χ0n) is 13.1. The Morgan fingerprint density at radius 1 is 1.27 bits per heavy atom. The van der Waals surface area contributed by atoms with Gasteiger partial charge < -0.3 is 15.0 Å². The molecule has 0 aromatic heterocycles. The molecular formula is C16H25N4OS+. The fraction of sp³-hybridized carbons (Fsp3) is 0.500. The number of rotatable bonds is 6. The second-order valence-corrected chi connectivity index (χ2v) is 5.67. The molecule has 1 heterocycles. The highest BCUT2D eigenvalue weighted by atomic mass is 32.1. The summed E-state index contributed by atoms with van der Waals surface area (Å²) in [6, 6.07) is 10.2. The predicted molar refractivity (Wildman–Crippen MR) is 93.4 cm³/mol. The maximum atomic E-state index is 5.35. The molecule has 5 nitrogen and oxygen atoms in total. The standard InChI is InChI=1S/C16H24N4OS/c1-2-15(14-6-4-3-5-7-14)18-19-16(22)17-8-9-20-10-12-21-13-11-20/h3-7H,2,8-13H2,1H3,(H2,17,19,22)/p+1/b18-15-. The van der Waals surface area contributed by atoms with Gasteiger partial charge in [-0.2, -0.15) is 5.10 Å². The molecule has 1 aliphatic rings. The molecule has 0 radical (unpaired) electrons. The Morgan fingerprint density at radius 2 is 2.00 bits per heavy atom. The molecule has 0 amide bonds. The lowest BCUT2D eigenvalue weighted by Crippen LogP contribution is -3.14. The van der Waals surface area contributed by atoms with Crippen LogP contribution in [0.3, 0.4) is 0 Å². The van der Waals surface area contributed by atoms with E-state index in [-0.39, 0.29) is 0 Å². The van der Waals surface area contributed by atoms with Crippen LogP contribution < -0.4 is 15.6 Å². The molecule has 1 saturated heterocycles. The molecule has 0 bridgehead atoms. The number of hydrazone groups is 1. The van der Waals surface area contributed by atoms with Crippen molar-refractivity contribution in [1.82, 2.24) is 10.7 Å². The van der Waals surface area contributed by atoms with Crippen LogP contribution in [0.2, 0.25) is 0 Å². The Kier molecular flexibility index (Phi) is 7.28. The molecule has 1 aromatic rings. The smallest absolute Gasteiger partial charge is 0.187 e. The minimum absolute atomic E-state index is 0.578. The molecule has 0 spiro atoms. The Labute approximate surface area is 137 Å². The summed E-state index contributed by atoms with van der Waals surface area (Å²) in [5, 5.41) is 8.20. The summed E-state index contributed by atoms with van der Waals surface area (Å²) in [4.78, 5) is 1.56. The summed E-state index contributed by atoms with van der Waals surface area (Å²) in [6.07, 6.45) is 0.859. The van der Waals surface area contributed by atoms with Crippen LogP contribution in [0, 0.1) is 0 Å². The van der Waals surface area contributed by atoms with Crippen LogP contribution in [0.25, 0.3) is 0 Å². The first-order valence-electron chi connectivity index (χ1n) is 7.86. The van der Waals surface area contributed by atoms with Gasteiger partial charge in [-0.25, -0.2) is 0 Å². The van der Waals surface area contributed by atoms with Crippen molar-refractivity contribution in [2.45, 2.75) is 13.3 Å². The molecule has 0 unspecified atom stereocenters. The molecule has 22 heavy (non-hydrogen) atoms. The van der Waals surface area contributed by atoms with E-state index in [2.05, 4.69) is 34.9 Å². The van der Waals surface area contributed by atoms with Crippen molar-refractivity contribution in [2.75, 3.05) is 39.4 Å². The first-order chi connectivity index (χ1) is 10.8. The lowest BCUT2D eigenvalue weighted by Gasteiger charge is -2.23. The van der Waals surface area contributed by atoms with Crippen LogP contribution in [-0.4, -0.2) is 50.2 Å². The lowest BCUT2D eigenvalue weighted by molar-refractivity contribution is -0.906. The number of thiocarbonyl (C=S) groups is 1. The summed E-state index contributed by atoms with van der Waals surface area (Å²) in [7, 11) is 0. The van der Waals surface area contributed by atoms with Crippen LogP contribution in [0.15, 0.2) is 35.4 Å². The van der Waals surface area contributed by atoms with Gasteiger partial charge in [0.2, 0.25) is 0 Å². The molecule has 3 N–H and O–H groups in total. The Hall–Kier alpha value is -1.50. The fourth-order valence-electron chi connectivity index (χ4n) is 2.40. The van der Waals surface area contributed by atoms with Crippen molar-refractivity contribution < 1.29 is 9.64 Å². The monoisotopic (exact) mass is 321 g/mol. The number of quaternary nitrogens is 1. The zero-order chi connectivity index (χ0) is 15.6. The molecule has 0 saturated carbocycles.